The van der Waals surface area contributed by atoms with Gasteiger partial charge >= 0.3 is 0 Å². The van der Waals surface area contributed by atoms with Crippen LogP contribution in [0.5, 0.6) is 5.75 Å². The largest absolute Gasteiger partial charge is 0.507 e. The molecule has 0 aliphatic rings. The van der Waals surface area contributed by atoms with E-state index >= 15 is 0 Å². The summed E-state index contributed by atoms with van der Waals surface area (Å²) in [5.41, 5.74) is 2.52. The van der Waals surface area contributed by atoms with Crippen LogP contribution in [0.3, 0.4) is 0 Å². The van der Waals surface area contributed by atoms with E-state index in [1.165, 1.54) is 0 Å². The molecule has 0 atom stereocenters. The van der Waals surface area contributed by atoms with Gasteiger partial charge in [-0.15, -0.1) is 0 Å². The van der Waals surface area contributed by atoms with E-state index in [-0.39, 0.29) is 23.0 Å². The van der Waals surface area contributed by atoms with Crippen molar-refractivity contribution in [1.82, 2.24) is 19.5 Å². The van der Waals surface area contributed by atoms with Crippen molar-refractivity contribution in [3.63, 3.8) is 0 Å². The number of para-hydroxylation sites is 3. The summed E-state index contributed by atoms with van der Waals surface area (Å²) in [5.74, 6) is -1.52. The third-order valence-corrected chi connectivity index (χ3v) is 6.21. The molecule has 0 bridgehead atoms. The van der Waals surface area contributed by atoms with Gasteiger partial charge in [-0.3, -0.25) is 0 Å². The number of nitrogens with zero attached hydrogens (tertiary/aromatic N) is 4. The maximum absolute atomic E-state index is 10.8. The molecule has 5 aromatic carbocycles. The first-order valence-electron chi connectivity index (χ1n) is 16.2. The van der Waals surface area contributed by atoms with Gasteiger partial charge in [0.2, 0.25) is 0 Å². The number of aromatic hydroxyl groups is 1. The minimum atomic E-state index is -0.804. The molecule has 1 N–H and O–H groups in total. The average Bonchev–Trinajstić information content (AvgIpc) is 3.43. The molecular weight excluding hydrogens is 468 g/mol. The molecule has 180 valence electrons. The zero-order valence-electron chi connectivity index (χ0n) is 28.7. The first-order valence-corrected chi connectivity index (χ1v) is 11.7. The summed E-state index contributed by atoms with van der Waals surface area (Å²) in [5, 5.41) is 13.0. The normalized spacial score (nSPS) is 14.6. The minimum absolute atomic E-state index is 0.0163. The van der Waals surface area contributed by atoms with Gasteiger partial charge in [0.25, 0.3) is 0 Å². The Morgan fingerprint density at radius 3 is 1.79 bits per heavy atom. The highest BCUT2D eigenvalue weighted by atomic mass is 16.3. The second kappa shape index (κ2) is 8.98. The van der Waals surface area contributed by atoms with Gasteiger partial charge in [0.05, 0.1) is 28.9 Å². The Kier molecular flexibility index (Phi) is 3.41. The van der Waals surface area contributed by atoms with Crippen LogP contribution in [0.2, 0.25) is 0 Å². The van der Waals surface area contributed by atoms with E-state index in [2.05, 4.69) is 31.7 Å². The number of rotatable bonds is 4. The van der Waals surface area contributed by atoms with E-state index in [4.69, 9.17) is 12.3 Å². The van der Waals surface area contributed by atoms with E-state index in [0.29, 0.717) is 5.56 Å². The van der Waals surface area contributed by atoms with Crippen molar-refractivity contribution in [2.45, 2.75) is 0 Å². The van der Waals surface area contributed by atoms with Crippen molar-refractivity contribution < 1.29 is 17.4 Å². The molecule has 0 aliphatic heterocycles. The van der Waals surface area contributed by atoms with Gasteiger partial charge in [0.15, 0.2) is 17.5 Å². The molecule has 0 unspecified atom stereocenters. The highest BCUT2D eigenvalue weighted by molar-refractivity contribution is 6.09. The van der Waals surface area contributed by atoms with Crippen molar-refractivity contribution in [2.75, 3.05) is 0 Å². The van der Waals surface area contributed by atoms with Gasteiger partial charge in [0.1, 0.15) is 5.75 Å². The summed E-state index contributed by atoms with van der Waals surface area (Å²) in [6.07, 6.45) is 0. The summed E-state index contributed by atoms with van der Waals surface area (Å²) in [6, 6.07) is 17.7. The quantitative estimate of drug-likeness (QED) is 0.270. The molecule has 7 rings (SSSR count). The molecule has 0 fully saturated rings. The summed E-state index contributed by atoms with van der Waals surface area (Å²) in [7, 11) is 0. The maximum atomic E-state index is 10.8. The lowest BCUT2D eigenvalue weighted by atomic mass is 10.1. The van der Waals surface area contributed by atoms with Gasteiger partial charge in [-0.05, 0) is 48.5 Å². The summed E-state index contributed by atoms with van der Waals surface area (Å²) < 4.78 is 76.1. The predicted molar refractivity (Wildman–Crippen MR) is 152 cm³/mol. The van der Waals surface area contributed by atoms with Crippen molar-refractivity contribution in [2.24, 2.45) is 0 Å². The predicted octanol–water partition coefficient (Wildman–Crippen LogP) is 7.68. The Bertz CT molecular complexity index is 2230. The van der Waals surface area contributed by atoms with Gasteiger partial charge in [-0.1, -0.05) is 78.7 Å². The monoisotopic (exact) mass is 499 g/mol. The molecule has 0 saturated heterocycles. The molecule has 7 aromatic rings. The molecule has 2 heterocycles. The number of aromatic nitrogens is 4. The van der Waals surface area contributed by atoms with Crippen molar-refractivity contribution in [1.29, 1.82) is 0 Å². The number of phenols is 1. The summed E-state index contributed by atoms with van der Waals surface area (Å²) >= 11 is 0. The Labute approximate surface area is 232 Å². The molecule has 0 aliphatic carbocycles. The first kappa shape index (κ1) is 14.4. The van der Waals surface area contributed by atoms with Gasteiger partial charge in [0, 0.05) is 27.6 Å². The SMILES string of the molecule is [2H]c1c([2H])c([2H])c(-c2nc(-c3ccc(-n4c5ccccc5c5ccccc54)cc3)nc(-c3c([2H])c([2H])c([2H])c([2H])c3O)n2)c([2H])c1[2H]. The van der Waals surface area contributed by atoms with E-state index in [9.17, 15) is 5.11 Å². The third kappa shape index (κ3) is 3.69. The molecule has 5 heteroatoms. The zero-order valence-corrected chi connectivity index (χ0v) is 19.7. The Morgan fingerprint density at radius 1 is 0.553 bits per heavy atom. The van der Waals surface area contributed by atoms with Crippen LogP contribution >= 0.6 is 0 Å². The fourth-order valence-corrected chi connectivity index (χ4v) is 4.52. The fourth-order valence-electron chi connectivity index (χ4n) is 4.52. The molecule has 0 amide bonds. The Hall–Kier alpha value is -5.29. The molecule has 0 spiro atoms. The minimum Gasteiger partial charge on any atom is -0.507 e. The third-order valence-electron chi connectivity index (χ3n) is 6.21. The number of benzene rings is 5. The molecular formula is C33H22N4O. The number of hydrogen-bond acceptors (Lipinski definition) is 4. The number of hydrogen-bond donors (Lipinski definition) is 1. The molecule has 0 saturated carbocycles. The van der Waals surface area contributed by atoms with Crippen LogP contribution in [0.15, 0.2) is 127 Å². The smallest absolute Gasteiger partial charge is 0.167 e. The van der Waals surface area contributed by atoms with Crippen molar-refractivity contribution >= 4 is 21.8 Å². The van der Waals surface area contributed by atoms with Crippen molar-refractivity contribution in [3.8, 4) is 45.6 Å². The average molecular weight is 500 g/mol. The summed E-state index contributed by atoms with van der Waals surface area (Å²) in [6.45, 7) is 0. The topological polar surface area (TPSA) is 63.8 Å². The van der Waals surface area contributed by atoms with Crippen molar-refractivity contribution in [3.05, 3.63) is 127 Å². The Balaban J connectivity index is 1.46. The first-order chi connectivity index (χ1) is 22.5. The number of phenolic OH excluding ortho intramolecular Hbond substituents is 1. The second-order valence-electron chi connectivity index (χ2n) is 8.45. The standard InChI is InChI=1S/C33H22N4O/c38-30-17-9-6-14-27(30)33-35-31(22-10-2-1-3-11-22)34-32(36-33)23-18-20-24(21-19-23)37-28-15-7-4-12-25(28)26-13-5-8-16-29(26)37/h1-21,38H/i1D,2D,3D,6D,9D,10D,11D,14D,17D. The lowest BCUT2D eigenvalue weighted by Gasteiger charge is -2.11. The highest BCUT2D eigenvalue weighted by Crippen LogP contribution is 2.33. The zero-order chi connectivity index (χ0) is 33.3. The van der Waals surface area contributed by atoms with Crippen LogP contribution in [0.4, 0.5) is 0 Å². The lowest BCUT2D eigenvalue weighted by Crippen LogP contribution is -2.00. The van der Waals surface area contributed by atoms with Crippen LogP contribution < -0.4 is 0 Å². The molecule has 0 radical (unpaired) electrons. The van der Waals surface area contributed by atoms with E-state index in [1.807, 2.05) is 48.5 Å². The van der Waals surface area contributed by atoms with E-state index in [0.717, 1.165) is 27.5 Å². The molecule has 5 nitrogen and oxygen atoms in total. The van der Waals surface area contributed by atoms with Gasteiger partial charge < -0.3 is 9.67 Å². The maximum Gasteiger partial charge on any atom is 0.167 e. The Morgan fingerprint density at radius 2 is 1.11 bits per heavy atom. The van der Waals surface area contributed by atoms with Crippen LogP contribution in [-0.2, 0) is 0 Å². The van der Waals surface area contributed by atoms with Gasteiger partial charge in [-0.25, -0.2) is 15.0 Å². The van der Waals surface area contributed by atoms with Crippen LogP contribution in [0, 0.1) is 0 Å². The van der Waals surface area contributed by atoms with E-state index in [1.54, 1.807) is 12.1 Å². The second-order valence-corrected chi connectivity index (χ2v) is 8.45. The number of fused-ring (bicyclic) bond motifs is 3. The van der Waals surface area contributed by atoms with Crippen LogP contribution in [-0.4, -0.2) is 24.6 Å². The lowest BCUT2D eigenvalue weighted by molar-refractivity contribution is 0.477. The molecule has 2 aromatic heterocycles. The highest BCUT2D eigenvalue weighted by Gasteiger charge is 2.15. The van der Waals surface area contributed by atoms with E-state index < -0.39 is 65.7 Å². The van der Waals surface area contributed by atoms with Gasteiger partial charge in [-0.2, -0.15) is 0 Å². The fraction of sp³-hybridized carbons (Fsp3) is 0. The molecule has 38 heavy (non-hydrogen) atoms. The summed E-state index contributed by atoms with van der Waals surface area (Å²) in [4.78, 5) is 13.2. The van der Waals surface area contributed by atoms with Crippen LogP contribution in [0.25, 0.3) is 61.7 Å². The van der Waals surface area contributed by atoms with Crippen LogP contribution in [0.1, 0.15) is 12.3 Å².